The molecule has 0 aliphatic heterocycles. The highest BCUT2D eigenvalue weighted by Gasteiger charge is 2.29. The Kier molecular flexibility index (Phi) is 3.37. The molecule has 1 nitrogen and oxygen atoms in total. The van der Waals surface area contributed by atoms with Crippen LogP contribution in [0.15, 0.2) is 24.3 Å². The lowest BCUT2D eigenvalue weighted by Crippen LogP contribution is -2.35. The highest BCUT2D eigenvalue weighted by Crippen LogP contribution is 2.36. The Morgan fingerprint density at radius 2 is 2.13 bits per heavy atom. The van der Waals surface area contributed by atoms with E-state index in [0.29, 0.717) is 0 Å². The minimum atomic E-state index is -0.114. The maximum atomic E-state index is 13.0. The van der Waals surface area contributed by atoms with Gasteiger partial charge in [-0.15, -0.1) is 0 Å². The van der Waals surface area contributed by atoms with Crippen LogP contribution in [0.4, 0.5) is 4.39 Å². The largest absolute Gasteiger partial charge is 0.319 e. The maximum absolute atomic E-state index is 13.0. The lowest BCUT2D eigenvalue weighted by molar-refractivity contribution is 0.174. The van der Waals surface area contributed by atoms with Crippen molar-refractivity contribution in [2.45, 2.75) is 19.3 Å². The van der Waals surface area contributed by atoms with Crippen molar-refractivity contribution in [1.82, 2.24) is 5.32 Å². The Morgan fingerprint density at radius 3 is 2.73 bits per heavy atom. The van der Waals surface area contributed by atoms with E-state index in [0.717, 1.165) is 30.4 Å². The Morgan fingerprint density at radius 1 is 1.33 bits per heavy atom. The van der Waals surface area contributed by atoms with Gasteiger partial charge in [0.2, 0.25) is 0 Å². The van der Waals surface area contributed by atoms with Crippen LogP contribution in [0.1, 0.15) is 18.4 Å². The molecule has 1 aliphatic rings. The first-order valence-electron chi connectivity index (χ1n) is 5.68. The predicted molar refractivity (Wildman–Crippen MR) is 60.2 cm³/mol. The van der Waals surface area contributed by atoms with Crippen LogP contribution >= 0.6 is 0 Å². The van der Waals surface area contributed by atoms with E-state index in [1.807, 2.05) is 13.1 Å². The molecule has 1 fully saturated rings. The quantitative estimate of drug-likeness (QED) is 0.800. The van der Waals surface area contributed by atoms with Crippen molar-refractivity contribution >= 4 is 0 Å². The summed E-state index contributed by atoms with van der Waals surface area (Å²) in [6, 6.07) is 7.00. The molecule has 0 aromatic heterocycles. The molecule has 2 unspecified atom stereocenters. The minimum absolute atomic E-state index is 0.114. The first-order chi connectivity index (χ1) is 7.29. The smallest absolute Gasteiger partial charge is 0.123 e. The summed E-state index contributed by atoms with van der Waals surface area (Å²) < 4.78 is 13.0. The molecule has 0 bridgehead atoms. The molecule has 15 heavy (non-hydrogen) atoms. The maximum Gasteiger partial charge on any atom is 0.123 e. The summed E-state index contributed by atoms with van der Waals surface area (Å²) in [5, 5.41) is 3.22. The van der Waals surface area contributed by atoms with Gasteiger partial charge in [-0.05, 0) is 62.4 Å². The number of hydrogen-bond donors (Lipinski definition) is 1. The van der Waals surface area contributed by atoms with Crippen molar-refractivity contribution < 1.29 is 4.39 Å². The molecule has 0 radical (unpaired) electrons. The predicted octanol–water partition coefficient (Wildman–Crippen LogP) is 2.61. The van der Waals surface area contributed by atoms with Gasteiger partial charge in [-0.25, -0.2) is 4.39 Å². The van der Waals surface area contributed by atoms with Crippen molar-refractivity contribution in [3.05, 3.63) is 35.6 Å². The first-order valence-corrected chi connectivity index (χ1v) is 5.68. The summed E-state index contributed by atoms with van der Waals surface area (Å²) in [6.45, 7) is 1.10. The van der Waals surface area contributed by atoms with Crippen LogP contribution < -0.4 is 5.32 Å². The van der Waals surface area contributed by atoms with Gasteiger partial charge in [0.1, 0.15) is 5.82 Å². The van der Waals surface area contributed by atoms with Crippen molar-refractivity contribution in [3.8, 4) is 0 Å². The Bertz CT molecular complexity index is 324. The van der Waals surface area contributed by atoms with Gasteiger partial charge in [0.15, 0.2) is 0 Å². The highest BCUT2D eigenvalue weighted by atomic mass is 19.1. The van der Waals surface area contributed by atoms with E-state index in [1.54, 1.807) is 12.1 Å². The molecule has 2 heteroatoms. The van der Waals surface area contributed by atoms with Gasteiger partial charge < -0.3 is 5.32 Å². The van der Waals surface area contributed by atoms with Gasteiger partial charge in [0, 0.05) is 0 Å². The number of hydrogen-bond acceptors (Lipinski definition) is 1. The second-order valence-corrected chi connectivity index (χ2v) is 4.49. The molecular weight excluding hydrogens is 189 g/mol. The molecule has 0 saturated heterocycles. The molecule has 1 aliphatic carbocycles. The molecule has 0 heterocycles. The van der Waals surface area contributed by atoms with Crippen molar-refractivity contribution in [3.63, 3.8) is 0 Å². The topological polar surface area (TPSA) is 12.0 Å². The normalized spacial score (nSPS) is 24.9. The third-order valence-corrected chi connectivity index (χ3v) is 3.43. The average Bonchev–Trinajstić information content (AvgIpc) is 2.21. The summed E-state index contributed by atoms with van der Waals surface area (Å²) in [6.07, 6.45) is 3.65. The third-order valence-electron chi connectivity index (χ3n) is 3.43. The Labute approximate surface area is 90.7 Å². The molecule has 2 atom stereocenters. The van der Waals surface area contributed by atoms with E-state index in [-0.39, 0.29) is 5.82 Å². The molecule has 1 aromatic rings. The first kappa shape index (κ1) is 10.6. The standard InChI is InChI=1S/C13H18FN/c1-15-9-12-6-5-11(12)7-10-3-2-4-13(14)8-10/h2-4,8,11-12,15H,5-7,9H2,1H3. The average molecular weight is 207 g/mol. The van der Waals surface area contributed by atoms with Gasteiger partial charge in [0.25, 0.3) is 0 Å². The molecule has 0 spiro atoms. The van der Waals surface area contributed by atoms with E-state index >= 15 is 0 Å². The fourth-order valence-electron chi connectivity index (χ4n) is 2.40. The Hall–Kier alpha value is -0.890. The van der Waals surface area contributed by atoms with E-state index in [9.17, 15) is 4.39 Å². The van der Waals surface area contributed by atoms with Crippen molar-refractivity contribution in [2.24, 2.45) is 11.8 Å². The number of rotatable bonds is 4. The zero-order chi connectivity index (χ0) is 10.7. The van der Waals surface area contributed by atoms with Crippen LogP contribution in [-0.4, -0.2) is 13.6 Å². The van der Waals surface area contributed by atoms with E-state index in [4.69, 9.17) is 0 Å². The van der Waals surface area contributed by atoms with Crippen LogP contribution in [-0.2, 0) is 6.42 Å². The summed E-state index contributed by atoms with van der Waals surface area (Å²) in [5.41, 5.74) is 1.14. The van der Waals surface area contributed by atoms with Crippen LogP contribution in [0, 0.1) is 17.7 Å². The lowest BCUT2D eigenvalue weighted by atomic mass is 9.71. The number of halogens is 1. The third kappa shape index (κ3) is 2.57. The fraction of sp³-hybridized carbons (Fsp3) is 0.538. The molecule has 2 rings (SSSR count). The molecule has 1 N–H and O–H groups in total. The van der Waals surface area contributed by atoms with Crippen molar-refractivity contribution in [2.75, 3.05) is 13.6 Å². The fourth-order valence-corrected chi connectivity index (χ4v) is 2.40. The summed E-state index contributed by atoms with van der Waals surface area (Å²) in [5.74, 6) is 1.43. The second kappa shape index (κ2) is 4.75. The highest BCUT2D eigenvalue weighted by molar-refractivity contribution is 5.17. The zero-order valence-corrected chi connectivity index (χ0v) is 9.17. The Balaban J connectivity index is 1.92. The van der Waals surface area contributed by atoms with Gasteiger partial charge in [-0.3, -0.25) is 0 Å². The number of benzene rings is 1. The van der Waals surface area contributed by atoms with Crippen LogP contribution in [0.5, 0.6) is 0 Å². The molecule has 0 amide bonds. The summed E-state index contributed by atoms with van der Waals surface area (Å²) in [4.78, 5) is 0. The molecular formula is C13H18FN. The number of nitrogens with one attached hydrogen (secondary N) is 1. The second-order valence-electron chi connectivity index (χ2n) is 4.49. The van der Waals surface area contributed by atoms with Gasteiger partial charge >= 0.3 is 0 Å². The van der Waals surface area contributed by atoms with E-state index in [1.165, 1.54) is 18.9 Å². The molecule has 1 aromatic carbocycles. The van der Waals surface area contributed by atoms with Gasteiger partial charge in [-0.1, -0.05) is 12.1 Å². The van der Waals surface area contributed by atoms with Crippen LogP contribution in [0.25, 0.3) is 0 Å². The van der Waals surface area contributed by atoms with E-state index in [2.05, 4.69) is 5.32 Å². The summed E-state index contributed by atoms with van der Waals surface area (Å²) >= 11 is 0. The van der Waals surface area contributed by atoms with Gasteiger partial charge in [0.05, 0.1) is 0 Å². The lowest BCUT2D eigenvalue weighted by Gasteiger charge is -2.36. The molecule has 82 valence electrons. The monoisotopic (exact) mass is 207 g/mol. The van der Waals surface area contributed by atoms with Crippen LogP contribution in [0.3, 0.4) is 0 Å². The molecule has 1 saturated carbocycles. The van der Waals surface area contributed by atoms with E-state index < -0.39 is 0 Å². The van der Waals surface area contributed by atoms with Crippen molar-refractivity contribution in [1.29, 1.82) is 0 Å². The van der Waals surface area contributed by atoms with Crippen LogP contribution in [0.2, 0.25) is 0 Å². The minimum Gasteiger partial charge on any atom is -0.319 e. The zero-order valence-electron chi connectivity index (χ0n) is 9.17. The SMILES string of the molecule is CNCC1CCC1Cc1cccc(F)c1. The summed E-state index contributed by atoms with van der Waals surface area (Å²) in [7, 11) is 2.00. The van der Waals surface area contributed by atoms with Gasteiger partial charge in [-0.2, -0.15) is 0 Å².